The molecule has 0 unspecified atom stereocenters. The number of aryl methyl sites for hydroxylation is 2. The first-order valence-corrected chi connectivity index (χ1v) is 7.88. The Morgan fingerprint density at radius 2 is 1.52 bits per heavy atom. The van der Waals surface area contributed by atoms with Crippen LogP contribution in [-0.2, 0) is 0 Å². The van der Waals surface area contributed by atoms with E-state index in [-0.39, 0.29) is 11.4 Å². The summed E-state index contributed by atoms with van der Waals surface area (Å²) < 4.78 is 3.48. The molecule has 138 valence electrons. The SMILES string of the molecule is Cc1nn(-c2cccnc2)c(=O)[nH]1.Cc1nn(-c2cccnc2)c(=O)n1N. The Labute approximate surface area is 152 Å². The molecular formula is C16H17N9O2. The lowest BCUT2D eigenvalue weighted by Crippen LogP contribution is -2.29. The average molecular weight is 367 g/mol. The van der Waals surface area contributed by atoms with Crippen molar-refractivity contribution >= 4 is 0 Å². The van der Waals surface area contributed by atoms with Gasteiger partial charge in [-0.3, -0.25) is 15.0 Å². The normalized spacial score (nSPS) is 10.3. The van der Waals surface area contributed by atoms with Crippen molar-refractivity contribution in [3.63, 3.8) is 0 Å². The quantitative estimate of drug-likeness (QED) is 0.464. The fourth-order valence-corrected chi connectivity index (χ4v) is 2.21. The van der Waals surface area contributed by atoms with Crippen LogP contribution >= 0.6 is 0 Å². The fraction of sp³-hybridized carbons (Fsp3) is 0.125. The standard InChI is InChI=1S/C8H9N5O.C8H8N4O/c1-6-11-13(8(14)12(6)9)7-3-2-4-10-5-7;1-6-10-8(13)12(11-6)7-3-2-4-9-5-7/h2-5H,9H2,1H3;2-5H,1H3,(H,10,11,13). The summed E-state index contributed by atoms with van der Waals surface area (Å²) in [6.07, 6.45) is 6.41. The summed E-state index contributed by atoms with van der Waals surface area (Å²) in [5.74, 6) is 6.49. The number of hydrogen-bond donors (Lipinski definition) is 2. The van der Waals surface area contributed by atoms with E-state index in [0.717, 1.165) is 4.68 Å². The summed E-state index contributed by atoms with van der Waals surface area (Å²) >= 11 is 0. The molecule has 0 fully saturated rings. The smallest absolute Gasteiger partial charge is 0.333 e. The number of H-pyrrole nitrogens is 1. The molecule has 27 heavy (non-hydrogen) atoms. The van der Waals surface area contributed by atoms with Crippen LogP contribution in [0.1, 0.15) is 11.6 Å². The zero-order valence-corrected chi connectivity index (χ0v) is 14.6. The highest BCUT2D eigenvalue weighted by Crippen LogP contribution is 2.00. The zero-order chi connectivity index (χ0) is 19.4. The van der Waals surface area contributed by atoms with E-state index in [1.54, 1.807) is 62.9 Å². The van der Waals surface area contributed by atoms with Crippen molar-refractivity contribution in [2.75, 3.05) is 5.84 Å². The fourth-order valence-electron chi connectivity index (χ4n) is 2.21. The van der Waals surface area contributed by atoms with Crippen molar-refractivity contribution in [1.82, 2.24) is 39.2 Å². The van der Waals surface area contributed by atoms with Crippen molar-refractivity contribution < 1.29 is 0 Å². The van der Waals surface area contributed by atoms with Crippen LogP contribution in [0, 0.1) is 13.8 Å². The molecule has 0 aromatic carbocycles. The van der Waals surface area contributed by atoms with E-state index < -0.39 is 0 Å². The molecule has 4 rings (SSSR count). The third-order valence-corrected chi connectivity index (χ3v) is 3.49. The molecule has 0 aliphatic rings. The van der Waals surface area contributed by atoms with Crippen LogP contribution < -0.4 is 17.2 Å². The molecule has 0 saturated carbocycles. The molecule has 11 heteroatoms. The van der Waals surface area contributed by atoms with Gasteiger partial charge in [-0.25, -0.2) is 9.59 Å². The van der Waals surface area contributed by atoms with E-state index in [2.05, 4.69) is 25.1 Å². The highest BCUT2D eigenvalue weighted by atomic mass is 16.2. The van der Waals surface area contributed by atoms with Gasteiger partial charge < -0.3 is 5.84 Å². The zero-order valence-electron chi connectivity index (χ0n) is 14.6. The third-order valence-electron chi connectivity index (χ3n) is 3.49. The van der Waals surface area contributed by atoms with Crippen LogP contribution in [0.4, 0.5) is 0 Å². The molecule has 11 nitrogen and oxygen atoms in total. The Morgan fingerprint density at radius 1 is 0.926 bits per heavy atom. The molecule has 4 heterocycles. The van der Waals surface area contributed by atoms with Crippen LogP contribution in [0.15, 0.2) is 58.6 Å². The maximum absolute atomic E-state index is 11.5. The predicted octanol–water partition coefficient (Wildman–Crippen LogP) is -0.285. The van der Waals surface area contributed by atoms with E-state index in [0.29, 0.717) is 23.0 Å². The Balaban J connectivity index is 0.000000156. The molecule has 0 atom stereocenters. The average Bonchev–Trinajstić information content (AvgIpc) is 3.16. The second kappa shape index (κ2) is 7.47. The molecular weight excluding hydrogens is 350 g/mol. The Bertz CT molecular complexity index is 1140. The van der Waals surface area contributed by atoms with Gasteiger partial charge in [0.05, 0.1) is 23.8 Å². The van der Waals surface area contributed by atoms with Gasteiger partial charge in [-0.05, 0) is 38.1 Å². The second-order valence-electron chi connectivity index (χ2n) is 5.46. The molecule has 0 bridgehead atoms. The summed E-state index contributed by atoms with van der Waals surface area (Å²) in [4.78, 5) is 33.1. The van der Waals surface area contributed by atoms with Crippen molar-refractivity contribution in [3.05, 3.63) is 81.7 Å². The summed E-state index contributed by atoms with van der Waals surface area (Å²) in [7, 11) is 0. The third kappa shape index (κ3) is 3.81. The number of nitrogens with zero attached hydrogens (tertiary/aromatic N) is 7. The molecule has 4 aromatic heterocycles. The molecule has 3 N–H and O–H groups in total. The van der Waals surface area contributed by atoms with Gasteiger partial charge in [0.25, 0.3) is 0 Å². The minimum Gasteiger partial charge on any atom is -0.333 e. The van der Waals surface area contributed by atoms with Crippen LogP contribution in [0.5, 0.6) is 0 Å². The lowest BCUT2D eigenvalue weighted by Gasteiger charge is -1.95. The van der Waals surface area contributed by atoms with E-state index in [4.69, 9.17) is 5.84 Å². The van der Waals surface area contributed by atoms with E-state index in [9.17, 15) is 9.59 Å². The van der Waals surface area contributed by atoms with Crippen LogP contribution in [-0.4, -0.2) is 39.2 Å². The highest BCUT2D eigenvalue weighted by molar-refractivity contribution is 5.26. The van der Waals surface area contributed by atoms with Crippen molar-refractivity contribution in [2.24, 2.45) is 0 Å². The van der Waals surface area contributed by atoms with Crippen LogP contribution in [0.25, 0.3) is 11.4 Å². The Morgan fingerprint density at radius 3 is 1.93 bits per heavy atom. The van der Waals surface area contributed by atoms with Crippen LogP contribution in [0.3, 0.4) is 0 Å². The number of aromatic amines is 1. The van der Waals surface area contributed by atoms with Gasteiger partial charge >= 0.3 is 11.4 Å². The molecule has 0 saturated heterocycles. The van der Waals surface area contributed by atoms with Gasteiger partial charge in [-0.1, -0.05) is 0 Å². The Hall–Kier alpha value is -4.02. The van der Waals surface area contributed by atoms with Crippen molar-refractivity contribution in [3.8, 4) is 11.4 Å². The van der Waals surface area contributed by atoms with Crippen molar-refractivity contribution in [2.45, 2.75) is 13.8 Å². The summed E-state index contributed by atoms with van der Waals surface area (Å²) in [5.41, 5.74) is 0.641. The van der Waals surface area contributed by atoms with E-state index in [1.807, 2.05) is 0 Å². The van der Waals surface area contributed by atoms with E-state index >= 15 is 0 Å². The summed E-state index contributed by atoms with van der Waals surface area (Å²) in [6, 6.07) is 6.99. The molecule has 0 radical (unpaired) electrons. The summed E-state index contributed by atoms with van der Waals surface area (Å²) in [5, 5.41) is 7.97. The number of nitrogens with one attached hydrogen (secondary N) is 1. The molecule has 0 amide bonds. The minimum absolute atomic E-state index is 0.245. The molecule has 0 aliphatic heterocycles. The van der Waals surface area contributed by atoms with Crippen LogP contribution in [0.2, 0.25) is 0 Å². The number of nitrogen functional groups attached to an aromatic ring is 1. The van der Waals surface area contributed by atoms with Gasteiger partial charge in [-0.2, -0.15) is 19.1 Å². The van der Waals surface area contributed by atoms with Gasteiger partial charge in [0, 0.05) is 12.4 Å². The number of hydrogen-bond acceptors (Lipinski definition) is 7. The molecule has 4 aromatic rings. The minimum atomic E-state index is -0.379. The van der Waals surface area contributed by atoms with Gasteiger partial charge in [-0.15, -0.1) is 5.10 Å². The lowest BCUT2D eigenvalue weighted by molar-refractivity contribution is 0.816. The molecule has 0 spiro atoms. The first-order chi connectivity index (χ1) is 13.0. The van der Waals surface area contributed by atoms with Gasteiger partial charge in [0.2, 0.25) is 0 Å². The first kappa shape index (κ1) is 17.8. The number of pyridine rings is 2. The number of rotatable bonds is 2. The summed E-state index contributed by atoms with van der Waals surface area (Å²) in [6.45, 7) is 3.39. The maximum atomic E-state index is 11.5. The second-order valence-corrected chi connectivity index (χ2v) is 5.46. The molecule has 0 aliphatic carbocycles. The number of nitrogens with two attached hydrogens (primary N) is 1. The first-order valence-electron chi connectivity index (χ1n) is 7.88. The van der Waals surface area contributed by atoms with Crippen molar-refractivity contribution in [1.29, 1.82) is 0 Å². The predicted molar refractivity (Wildman–Crippen MR) is 97.2 cm³/mol. The highest BCUT2D eigenvalue weighted by Gasteiger charge is 2.08. The lowest BCUT2D eigenvalue weighted by atomic mass is 10.4. The largest absolute Gasteiger partial charge is 0.369 e. The van der Waals surface area contributed by atoms with E-state index in [1.165, 1.54) is 9.36 Å². The number of aromatic nitrogens is 8. The van der Waals surface area contributed by atoms with Gasteiger partial charge in [0.1, 0.15) is 5.82 Å². The topological polar surface area (TPSA) is 142 Å². The van der Waals surface area contributed by atoms with Gasteiger partial charge in [0.15, 0.2) is 5.82 Å². The Kier molecular flexibility index (Phi) is 4.92. The monoisotopic (exact) mass is 367 g/mol. The maximum Gasteiger partial charge on any atom is 0.369 e.